The topological polar surface area (TPSA) is 63.6 Å². The van der Waals surface area contributed by atoms with Crippen molar-refractivity contribution >= 4 is 34.3 Å². The zero-order valence-corrected chi connectivity index (χ0v) is 18.0. The standard InChI is InChI=1S/C23H25N3O2S/c1-6-15-10-17-12-18(8-9-19(17)24-13-15)28-22(29-5)21(27)26-23(3,4)20-11-16(7-2)14-25-20/h1,8-13,22H,7,14H2,2-5H3,(H,26,27). The number of nitrogens with one attached hydrogen (secondary N) is 1. The third-order valence-corrected chi connectivity index (χ3v) is 5.55. The van der Waals surface area contributed by atoms with Gasteiger partial charge in [-0.25, -0.2) is 0 Å². The molecule has 3 rings (SSSR count). The Labute approximate surface area is 176 Å². The van der Waals surface area contributed by atoms with Crippen molar-refractivity contribution in [2.45, 2.75) is 38.2 Å². The maximum Gasteiger partial charge on any atom is 0.272 e. The van der Waals surface area contributed by atoms with E-state index in [4.69, 9.17) is 11.2 Å². The van der Waals surface area contributed by atoms with Crippen molar-refractivity contribution in [3.05, 3.63) is 47.7 Å². The largest absolute Gasteiger partial charge is 0.470 e. The zero-order valence-electron chi connectivity index (χ0n) is 17.2. The summed E-state index contributed by atoms with van der Waals surface area (Å²) in [5.41, 5.74) is 2.43. The number of aromatic nitrogens is 1. The Balaban J connectivity index is 1.74. The first-order valence-electron chi connectivity index (χ1n) is 9.48. The van der Waals surface area contributed by atoms with Crippen LogP contribution in [-0.4, -0.2) is 40.4 Å². The number of ether oxygens (including phenoxy) is 1. The van der Waals surface area contributed by atoms with Gasteiger partial charge in [0.05, 0.1) is 23.3 Å². The van der Waals surface area contributed by atoms with Crippen molar-refractivity contribution in [2.75, 3.05) is 12.8 Å². The molecule has 0 radical (unpaired) electrons. The van der Waals surface area contributed by atoms with Crippen molar-refractivity contribution in [2.24, 2.45) is 4.99 Å². The number of thioether (sulfide) groups is 1. The van der Waals surface area contributed by atoms with Crippen LogP contribution in [0.5, 0.6) is 5.75 Å². The van der Waals surface area contributed by atoms with Crippen LogP contribution in [0.2, 0.25) is 0 Å². The Kier molecular flexibility index (Phi) is 6.29. The van der Waals surface area contributed by atoms with Crippen LogP contribution in [0, 0.1) is 12.3 Å². The molecule has 29 heavy (non-hydrogen) atoms. The first-order chi connectivity index (χ1) is 13.9. The molecule has 1 aromatic heterocycles. The molecule has 0 fully saturated rings. The van der Waals surface area contributed by atoms with Gasteiger partial charge in [0.2, 0.25) is 5.44 Å². The Morgan fingerprint density at radius 3 is 2.86 bits per heavy atom. The third-order valence-electron chi connectivity index (χ3n) is 4.81. The van der Waals surface area contributed by atoms with E-state index in [1.165, 1.54) is 17.3 Å². The summed E-state index contributed by atoms with van der Waals surface area (Å²) in [5, 5.41) is 3.94. The van der Waals surface area contributed by atoms with Crippen molar-refractivity contribution in [1.29, 1.82) is 0 Å². The number of hydrogen-bond acceptors (Lipinski definition) is 5. The SMILES string of the molecule is C#Cc1cnc2ccc(OC(SC)C(=O)NC(C)(C)C3=NCC(CC)=C3)cc2c1. The maximum atomic E-state index is 12.9. The summed E-state index contributed by atoms with van der Waals surface area (Å²) in [5.74, 6) is 2.98. The second-order valence-electron chi connectivity index (χ2n) is 7.38. The highest BCUT2D eigenvalue weighted by molar-refractivity contribution is 7.99. The monoisotopic (exact) mass is 407 g/mol. The van der Waals surface area contributed by atoms with Gasteiger partial charge in [-0.1, -0.05) is 12.8 Å². The van der Waals surface area contributed by atoms with Crippen LogP contribution >= 0.6 is 11.8 Å². The van der Waals surface area contributed by atoms with Crippen molar-refractivity contribution in [3.8, 4) is 18.1 Å². The van der Waals surface area contributed by atoms with Gasteiger partial charge in [0, 0.05) is 17.1 Å². The minimum atomic E-state index is -0.688. The summed E-state index contributed by atoms with van der Waals surface area (Å²) in [6.45, 7) is 6.73. The van der Waals surface area contributed by atoms with E-state index in [-0.39, 0.29) is 5.91 Å². The molecule has 0 saturated carbocycles. The smallest absolute Gasteiger partial charge is 0.272 e. The summed E-state index contributed by atoms with van der Waals surface area (Å²) in [6, 6.07) is 7.39. The second-order valence-corrected chi connectivity index (χ2v) is 8.28. The highest BCUT2D eigenvalue weighted by Gasteiger charge is 2.31. The molecular formula is C23H25N3O2S. The molecule has 2 heterocycles. The Bertz CT molecular complexity index is 1030. The predicted octanol–water partition coefficient (Wildman–Crippen LogP) is 3.97. The number of amides is 1. The van der Waals surface area contributed by atoms with Crippen LogP contribution in [-0.2, 0) is 4.79 Å². The number of terminal acetylenes is 1. The molecule has 0 bridgehead atoms. The van der Waals surface area contributed by atoms with Gasteiger partial charge in [-0.2, -0.15) is 0 Å². The molecular weight excluding hydrogens is 382 g/mol. The fourth-order valence-corrected chi connectivity index (χ4v) is 3.57. The molecule has 5 nitrogen and oxygen atoms in total. The number of nitrogens with zero attached hydrogens (tertiary/aromatic N) is 2. The van der Waals surface area contributed by atoms with Gasteiger partial charge in [0.15, 0.2) is 0 Å². The summed E-state index contributed by atoms with van der Waals surface area (Å²) in [4.78, 5) is 21.8. The third kappa shape index (κ3) is 4.80. The number of pyridine rings is 1. The number of aliphatic imine (C=N–C) groups is 1. The molecule has 6 heteroatoms. The van der Waals surface area contributed by atoms with E-state index in [1.807, 2.05) is 44.4 Å². The van der Waals surface area contributed by atoms with Gasteiger partial charge in [-0.15, -0.1) is 18.2 Å². The molecule has 1 aliphatic heterocycles. The molecule has 1 aromatic carbocycles. The summed E-state index contributed by atoms with van der Waals surface area (Å²) in [6.07, 6.45) is 12.0. The lowest BCUT2D eigenvalue weighted by molar-refractivity contribution is -0.125. The van der Waals surface area contributed by atoms with Crippen LogP contribution in [0.25, 0.3) is 10.9 Å². The molecule has 1 unspecified atom stereocenters. The van der Waals surface area contributed by atoms with E-state index < -0.39 is 11.0 Å². The minimum absolute atomic E-state index is 0.195. The Hall–Kier alpha value is -2.78. The lowest BCUT2D eigenvalue weighted by atomic mass is 9.97. The fraction of sp³-hybridized carbons (Fsp3) is 0.348. The lowest BCUT2D eigenvalue weighted by Gasteiger charge is -2.28. The Morgan fingerprint density at radius 1 is 1.41 bits per heavy atom. The highest BCUT2D eigenvalue weighted by Crippen LogP contribution is 2.24. The van der Waals surface area contributed by atoms with Crippen molar-refractivity contribution in [3.63, 3.8) is 0 Å². The van der Waals surface area contributed by atoms with Crippen molar-refractivity contribution in [1.82, 2.24) is 10.3 Å². The molecule has 1 aliphatic rings. The maximum absolute atomic E-state index is 12.9. The van der Waals surface area contributed by atoms with Crippen LogP contribution < -0.4 is 10.1 Å². The van der Waals surface area contributed by atoms with Gasteiger partial charge < -0.3 is 10.1 Å². The molecule has 0 aliphatic carbocycles. The lowest BCUT2D eigenvalue weighted by Crippen LogP contribution is -2.52. The molecule has 1 N–H and O–H groups in total. The minimum Gasteiger partial charge on any atom is -0.470 e. The van der Waals surface area contributed by atoms with Gasteiger partial charge in [0.25, 0.3) is 5.91 Å². The van der Waals surface area contributed by atoms with Crippen LogP contribution in [0.3, 0.4) is 0 Å². The van der Waals surface area contributed by atoms with Crippen LogP contribution in [0.1, 0.15) is 32.8 Å². The molecule has 0 saturated heterocycles. The second kappa shape index (κ2) is 8.71. The van der Waals surface area contributed by atoms with Gasteiger partial charge in [-0.05, 0) is 62.4 Å². The summed E-state index contributed by atoms with van der Waals surface area (Å²) in [7, 11) is 0. The van der Waals surface area contributed by atoms with E-state index in [1.54, 1.807) is 6.20 Å². The molecule has 0 spiro atoms. The predicted molar refractivity (Wildman–Crippen MR) is 121 cm³/mol. The van der Waals surface area contributed by atoms with Gasteiger partial charge in [-0.3, -0.25) is 14.8 Å². The first-order valence-corrected chi connectivity index (χ1v) is 10.8. The Morgan fingerprint density at radius 2 is 2.21 bits per heavy atom. The molecule has 1 amide bonds. The quantitative estimate of drug-likeness (QED) is 0.557. The average molecular weight is 408 g/mol. The van der Waals surface area contributed by atoms with E-state index in [0.717, 1.165) is 23.0 Å². The molecule has 1 atom stereocenters. The van der Waals surface area contributed by atoms with E-state index in [2.05, 4.69) is 34.2 Å². The summed E-state index contributed by atoms with van der Waals surface area (Å²) < 4.78 is 5.97. The zero-order chi connectivity index (χ0) is 21.0. The number of hydrogen-bond donors (Lipinski definition) is 1. The fourth-order valence-electron chi connectivity index (χ4n) is 3.09. The van der Waals surface area contributed by atoms with E-state index >= 15 is 0 Å². The van der Waals surface area contributed by atoms with Crippen LogP contribution in [0.15, 0.2) is 47.1 Å². The number of benzene rings is 1. The molecule has 2 aromatic rings. The molecule has 150 valence electrons. The van der Waals surface area contributed by atoms with Gasteiger partial charge in [0.1, 0.15) is 5.75 Å². The number of fused-ring (bicyclic) bond motifs is 1. The van der Waals surface area contributed by atoms with E-state index in [9.17, 15) is 4.79 Å². The number of carbonyl (C=O) groups is 1. The van der Waals surface area contributed by atoms with E-state index in [0.29, 0.717) is 17.9 Å². The van der Waals surface area contributed by atoms with Crippen molar-refractivity contribution < 1.29 is 9.53 Å². The van der Waals surface area contributed by atoms with Gasteiger partial charge >= 0.3 is 0 Å². The first kappa shape index (κ1) is 20.9. The summed E-state index contributed by atoms with van der Waals surface area (Å²) >= 11 is 1.34. The normalized spacial score (nSPS) is 14.7. The van der Waals surface area contributed by atoms with Crippen LogP contribution in [0.4, 0.5) is 0 Å². The average Bonchev–Trinajstić information content (AvgIpc) is 3.21. The number of carbonyl (C=O) groups excluding carboxylic acids is 1. The number of rotatable bonds is 7. The highest BCUT2D eigenvalue weighted by atomic mass is 32.2.